The Balaban J connectivity index is 1.67. The van der Waals surface area contributed by atoms with Crippen LogP contribution in [0.25, 0.3) is 11.0 Å². The maximum Gasteiger partial charge on any atom is 0.326 e. The minimum Gasteiger partial charge on any atom is -0.492 e. The molecule has 0 radical (unpaired) electrons. The Labute approximate surface area is 163 Å². The first-order valence-electron chi connectivity index (χ1n) is 9.02. The lowest BCUT2D eigenvalue weighted by Crippen LogP contribution is -2.14. The number of para-hydroxylation sites is 2. The summed E-state index contributed by atoms with van der Waals surface area (Å²) in [5.41, 5.74) is 4.17. The summed E-state index contributed by atoms with van der Waals surface area (Å²) in [7, 11) is 0. The Kier molecular flexibility index (Phi) is 6.40. The first-order chi connectivity index (χ1) is 13.1. The summed E-state index contributed by atoms with van der Waals surface area (Å²) in [5.74, 6) is 1.38. The molecule has 0 N–H and O–H groups in total. The van der Waals surface area contributed by atoms with E-state index >= 15 is 0 Å². The second kappa shape index (κ2) is 8.95. The topological polar surface area (TPSA) is 53.4 Å². The maximum absolute atomic E-state index is 12.0. The average Bonchev–Trinajstić information content (AvgIpc) is 2.98. The summed E-state index contributed by atoms with van der Waals surface area (Å²) >= 11 is 1.58. The van der Waals surface area contributed by atoms with E-state index in [4.69, 9.17) is 9.47 Å². The predicted molar refractivity (Wildman–Crippen MR) is 109 cm³/mol. The molecule has 1 aromatic heterocycles. The first-order valence-corrected chi connectivity index (χ1v) is 10.0. The fraction of sp³-hybridized carbons (Fsp3) is 0.333. The van der Waals surface area contributed by atoms with Crippen molar-refractivity contribution in [1.82, 2.24) is 9.55 Å². The molecule has 3 aromatic rings. The molecule has 0 fully saturated rings. The summed E-state index contributed by atoms with van der Waals surface area (Å²) in [6.07, 6.45) is 0. The number of ether oxygens (including phenoxy) is 2. The first kappa shape index (κ1) is 19.3. The normalized spacial score (nSPS) is 10.9. The number of hydrogen-bond acceptors (Lipinski definition) is 5. The highest BCUT2D eigenvalue weighted by Gasteiger charge is 2.14. The van der Waals surface area contributed by atoms with Crippen molar-refractivity contribution in [2.45, 2.75) is 32.5 Å². The lowest BCUT2D eigenvalue weighted by molar-refractivity contribution is -0.143. The second-order valence-corrected chi connectivity index (χ2v) is 7.30. The minimum atomic E-state index is -0.256. The molecule has 0 atom stereocenters. The molecule has 0 saturated heterocycles. The van der Waals surface area contributed by atoms with Crippen LogP contribution in [-0.2, 0) is 16.1 Å². The molecule has 27 heavy (non-hydrogen) atoms. The SMILES string of the molecule is CCOC(=O)Cn1c(SCCOc2ccc(C)cc2C)nc2ccccc21. The molecule has 0 aliphatic heterocycles. The molecule has 2 aromatic carbocycles. The number of carbonyl (C=O) groups excluding carboxylic acids is 1. The van der Waals surface area contributed by atoms with Crippen LogP contribution in [0.3, 0.4) is 0 Å². The smallest absolute Gasteiger partial charge is 0.326 e. The Bertz CT molecular complexity index is 936. The Morgan fingerprint density at radius 2 is 2.00 bits per heavy atom. The van der Waals surface area contributed by atoms with Gasteiger partial charge in [-0.1, -0.05) is 41.6 Å². The van der Waals surface area contributed by atoms with Crippen LogP contribution in [0.4, 0.5) is 0 Å². The third-order valence-electron chi connectivity index (χ3n) is 4.11. The van der Waals surface area contributed by atoms with E-state index in [-0.39, 0.29) is 12.5 Å². The third kappa shape index (κ3) is 4.83. The van der Waals surface area contributed by atoms with Gasteiger partial charge in [0.1, 0.15) is 12.3 Å². The largest absolute Gasteiger partial charge is 0.492 e. The molecular formula is C21H24N2O3S. The number of aryl methyl sites for hydroxylation is 2. The number of hydrogen-bond donors (Lipinski definition) is 0. The van der Waals surface area contributed by atoms with Gasteiger partial charge < -0.3 is 14.0 Å². The molecule has 0 bridgehead atoms. The van der Waals surface area contributed by atoms with Gasteiger partial charge in [-0.2, -0.15) is 0 Å². The number of nitrogens with zero attached hydrogens (tertiary/aromatic N) is 2. The fourth-order valence-corrected chi connectivity index (χ4v) is 3.73. The van der Waals surface area contributed by atoms with Gasteiger partial charge in [0, 0.05) is 5.75 Å². The molecule has 5 nitrogen and oxygen atoms in total. The van der Waals surface area contributed by atoms with E-state index in [1.165, 1.54) is 5.56 Å². The molecule has 3 rings (SSSR count). The fourth-order valence-electron chi connectivity index (χ4n) is 2.90. The highest BCUT2D eigenvalue weighted by atomic mass is 32.2. The molecule has 0 unspecified atom stereocenters. The summed E-state index contributed by atoms with van der Waals surface area (Å²) in [6, 6.07) is 14.0. The zero-order valence-corrected chi connectivity index (χ0v) is 16.7. The van der Waals surface area contributed by atoms with E-state index < -0.39 is 0 Å². The molecule has 142 valence electrons. The molecule has 0 aliphatic rings. The van der Waals surface area contributed by atoms with E-state index in [9.17, 15) is 4.79 Å². The highest BCUT2D eigenvalue weighted by molar-refractivity contribution is 7.99. The summed E-state index contributed by atoms with van der Waals surface area (Å²) < 4.78 is 12.9. The summed E-state index contributed by atoms with van der Waals surface area (Å²) in [5, 5.41) is 0.800. The standard InChI is InChI=1S/C21H24N2O3S/c1-4-25-20(24)14-23-18-8-6-5-7-17(18)22-21(23)27-12-11-26-19-10-9-15(2)13-16(19)3/h5-10,13H,4,11-12,14H2,1-3H3. The number of fused-ring (bicyclic) bond motifs is 1. The van der Waals surface area contributed by atoms with Crippen molar-refractivity contribution < 1.29 is 14.3 Å². The predicted octanol–water partition coefficient (Wildman–Crippen LogP) is 4.39. The second-order valence-electron chi connectivity index (χ2n) is 6.24. The van der Waals surface area contributed by atoms with E-state index in [2.05, 4.69) is 18.0 Å². The monoisotopic (exact) mass is 384 g/mol. The Morgan fingerprint density at radius 1 is 1.19 bits per heavy atom. The number of carbonyl (C=O) groups is 1. The molecular weight excluding hydrogens is 360 g/mol. The van der Waals surface area contributed by atoms with Crippen LogP contribution in [0.1, 0.15) is 18.1 Å². The third-order valence-corrected chi connectivity index (χ3v) is 5.06. The highest BCUT2D eigenvalue weighted by Crippen LogP contribution is 2.25. The van der Waals surface area contributed by atoms with Gasteiger partial charge in [-0.3, -0.25) is 4.79 Å². The summed E-state index contributed by atoms with van der Waals surface area (Å²) in [4.78, 5) is 16.6. The van der Waals surface area contributed by atoms with Crippen LogP contribution in [-0.4, -0.2) is 34.5 Å². The number of thioether (sulfide) groups is 1. The van der Waals surface area contributed by atoms with Gasteiger partial charge in [0.25, 0.3) is 0 Å². The van der Waals surface area contributed by atoms with E-state index in [0.717, 1.165) is 33.3 Å². The number of imidazole rings is 1. The van der Waals surface area contributed by atoms with Crippen molar-refractivity contribution in [3.05, 3.63) is 53.6 Å². The van der Waals surface area contributed by atoms with Gasteiger partial charge in [-0.05, 0) is 44.5 Å². The van der Waals surface area contributed by atoms with Crippen LogP contribution in [0.15, 0.2) is 47.6 Å². The van der Waals surface area contributed by atoms with Crippen LogP contribution < -0.4 is 4.74 Å². The van der Waals surface area contributed by atoms with Gasteiger partial charge >= 0.3 is 5.97 Å². The van der Waals surface area contributed by atoms with Gasteiger partial charge in [-0.15, -0.1) is 0 Å². The van der Waals surface area contributed by atoms with Crippen LogP contribution in [0.2, 0.25) is 0 Å². The number of rotatable bonds is 8. The Hall–Kier alpha value is -2.47. The number of esters is 1. The Morgan fingerprint density at radius 3 is 2.78 bits per heavy atom. The van der Waals surface area contributed by atoms with Crippen LogP contribution in [0.5, 0.6) is 5.75 Å². The van der Waals surface area contributed by atoms with Gasteiger partial charge in [0.15, 0.2) is 5.16 Å². The van der Waals surface area contributed by atoms with E-state index in [1.54, 1.807) is 11.8 Å². The van der Waals surface area contributed by atoms with Crippen molar-refractivity contribution in [1.29, 1.82) is 0 Å². The van der Waals surface area contributed by atoms with Gasteiger partial charge in [0.05, 0.1) is 24.2 Å². The quantitative estimate of drug-likeness (QED) is 0.328. The van der Waals surface area contributed by atoms with Crippen molar-refractivity contribution in [2.75, 3.05) is 19.0 Å². The molecule has 0 amide bonds. The van der Waals surface area contributed by atoms with Gasteiger partial charge in [0.2, 0.25) is 0 Å². The number of benzene rings is 2. The number of aromatic nitrogens is 2. The average molecular weight is 385 g/mol. The molecule has 0 aliphatic carbocycles. The molecule has 0 saturated carbocycles. The molecule has 1 heterocycles. The zero-order valence-electron chi connectivity index (χ0n) is 15.9. The summed E-state index contributed by atoms with van der Waals surface area (Å²) in [6.45, 7) is 7.03. The van der Waals surface area contributed by atoms with Crippen LogP contribution in [0, 0.1) is 13.8 Å². The van der Waals surface area contributed by atoms with E-state index in [1.807, 2.05) is 54.8 Å². The van der Waals surface area contributed by atoms with Crippen LogP contribution >= 0.6 is 11.8 Å². The van der Waals surface area contributed by atoms with Gasteiger partial charge in [-0.25, -0.2) is 4.98 Å². The lowest BCUT2D eigenvalue weighted by Gasteiger charge is -2.10. The maximum atomic E-state index is 12.0. The minimum absolute atomic E-state index is 0.161. The van der Waals surface area contributed by atoms with Crippen molar-refractivity contribution in [2.24, 2.45) is 0 Å². The zero-order chi connectivity index (χ0) is 19.2. The van der Waals surface area contributed by atoms with E-state index in [0.29, 0.717) is 13.2 Å². The van der Waals surface area contributed by atoms with Crippen molar-refractivity contribution in [3.8, 4) is 5.75 Å². The van der Waals surface area contributed by atoms with Crippen molar-refractivity contribution in [3.63, 3.8) is 0 Å². The van der Waals surface area contributed by atoms with Crippen molar-refractivity contribution >= 4 is 28.8 Å². The molecule has 0 spiro atoms. The molecule has 6 heteroatoms. The lowest BCUT2D eigenvalue weighted by atomic mass is 10.1.